The maximum absolute atomic E-state index is 12.3. The molecule has 0 unspecified atom stereocenters. The first-order chi connectivity index (χ1) is 12.1. The summed E-state index contributed by atoms with van der Waals surface area (Å²) in [5, 5.41) is 0. The van der Waals surface area contributed by atoms with E-state index in [1.165, 1.54) is 0 Å². The number of fused-ring (bicyclic) bond motifs is 2. The molecule has 1 saturated heterocycles. The summed E-state index contributed by atoms with van der Waals surface area (Å²) in [5.41, 5.74) is 0.758. The number of ketones is 1. The Morgan fingerprint density at radius 1 is 1.36 bits per heavy atom. The SMILES string of the molecule is C=CC[C@]12C[C@@H](OC)C(=O)C=C1O[C@H](c1ccc3c(c1)OCO3)[C@H]2C. The highest BCUT2D eigenvalue weighted by Crippen LogP contribution is 2.59. The lowest BCUT2D eigenvalue weighted by atomic mass is 9.65. The molecular weight excluding hydrogens is 320 g/mol. The minimum Gasteiger partial charge on any atom is -0.489 e. The fourth-order valence-electron chi connectivity index (χ4n) is 4.26. The standard InChI is InChI=1S/C20H22O5/c1-4-7-20-10-17(22-3)14(21)9-18(20)25-19(12(20)2)13-5-6-15-16(8-13)24-11-23-15/h4-6,8-9,12,17,19H,1,7,10-11H2,2-3H3/t12-,17-,19+,20-/m1/s1. The van der Waals surface area contributed by atoms with Crippen LogP contribution in [0.2, 0.25) is 0 Å². The Kier molecular flexibility index (Phi) is 3.84. The van der Waals surface area contributed by atoms with Crippen molar-refractivity contribution in [3.63, 3.8) is 0 Å². The van der Waals surface area contributed by atoms with Gasteiger partial charge >= 0.3 is 0 Å². The van der Waals surface area contributed by atoms with Gasteiger partial charge in [0.05, 0.1) is 0 Å². The fraction of sp³-hybridized carbons (Fsp3) is 0.450. The Labute approximate surface area is 147 Å². The second-order valence-corrected chi connectivity index (χ2v) is 6.93. The highest BCUT2D eigenvalue weighted by atomic mass is 16.7. The number of allylic oxidation sites excluding steroid dienone is 2. The summed E-state index contributed by atoms with van der Waals surface area (Å²) in [4.78, 5) is 12.3. The molecule has 0 saturated carbocycles. The third-order valence-corrected chi connectivity index (χ3v) is 5.73. The molecule has 4 atom stereocenters. The number of hydrogen-bond donors (Lipinski definition) is 0. The second kappa shape index (κ2) is 5.92. The summed E-state index contributed by atoms with van der Waals surface area (Å²) >= 11 is 0. The molecule has 0 N–H and O–H groups in total. The molecule has 0 amide bonds. The van der Waals surface area contributed by atoms with Gasteiger partial charge in [-0.25, -0.2) is 0 Å². The Bertz CT molecular complexity index is 752. The van der Waals surface area contributed by atoms with Crippen LogP contribution in [0, 0.1) is 11.3 Å². The summed E-state index contributed by atoms with van der Waals surface area (Å²) in [5.74, 6) is 2.38. The molecule has 4 rings (SSSR count). The molecule has 25 heavy (non-hydrogen) atoms. The first-order valence-electron chi connectivity index (χ1n) is 8.55. The fourth-order valence-corrected chi connectivity index (χ4v) is 4.26. The smallest absolute Gasteiger partial charge is 0.231 e. The zero-order chi connectivity index (χ0) is 17.6. The average molecular weight is 342 g/mol. The molecule has 0 radical (unpaired) electrons. The molecule has 1 aromatic rings. The molecule has 5 heteroatoms. The minimum atomic E-state index is -0.426. The maximum atomic E-state index is 12.3. The van der Waals surface area contributed by atoms with Crippen molar-refractivity contribution < 1.29 is 23.7 Å². The van der Waals surface area contributed by atoms with Crippen molar-refractivity contribution in [2.24, 2.45) is 11.3 Å². The van der Waals surface area contributed by atoms with Gasteiger partial charge in [-0.15, -0.1) is 6.58 Å². The molecule has 0 spiro atoms. The van der Waals surface area contributed by atoms with E-state index in [4.69, 9.17) is 18.9 Å². The summed E-state index contributed by atoms with van der Waals surface area (Å²) in [6.07, 6.45) is 4.30. The third-order valence-electron chi connectivity index (χ3n) is 5.73. The molecule has 1 fully saturated rings. The average Bonchev–Trinajstić information content (AvgIpc) is 3.18. The van der Waals surface area contributed by atoms with Gasteiger partial charge in [0.1, 0.15) is 18.0 Å². The van der Waals surface area contributed by atoms with E-state index in [2.05, 4.69) is 13.5 Å². The lowest BCUT2D eigenvalue weighted by molar-refractivity contribution is -0.127. The number of hydrogen-bond acceptors (Lipinski definition) is 5. The lowest BCUT2D eigenvalue weighted by Crippen LogP contribution is -2.39. The number of carbonyl (C=O) groups excluding carboxylic acids is 1. The maximum Gasteiger partial charge on any atom is 0.231 e. The number of ether oxygens (including phenoxy) is 4. The van der Waals surface area contributed by atoms with Crippen LogP contribution in [0.4, 0.5) is 0 Å². The van der Waals surface area contributed by atoms with E-state index in [9.17, 15) is 4.79 Å². The Morgan fingerprint density at radius 3 is 2.92 bits per heavy atom. The van der Waals surface area contributed by atoms with E-state index >= 15 is 0 Å². The predicted octanol–water partition coefficient (Wildman–Crippen LogP) is 3.56. The van der Waals surface area contributed by atoms with Gasteiger partial charge in [0.25, 0.3) is 0 Å². The van der Waals surface area contributed by atoms with Crippen LogP contribution in [0.25, 0.3) is 0 Å². The summed E-state index contributed by atoms with van der Waals surface area (Å²) in [7, 11) is 1.58. The van der Waals surface area contributed by atoms with Gasteiger partial charge in [-0.1, -0.05) is 19.1 Å². The van der Waals surface area contributed by atoms with Crippen LogP contribution in [0.15, 0.2) is 42.7 Å². The van der Waals surface area contributed by atoms with Gasteiger partial charge in [0.2, 0.25) is 6.79 Å². The predicted molar refractivity (Wildman–Crippen MR) is 91.3 cm³/mol. The quantitative estimate of drug-likeness (QED) is 0.783. The number of benzene rings is 1. The molecule has 1 aliphatic carbocycles. The number of methoxy groups -OCH3 is 1. The van der Waals surface area contributed by atoms with Gasteiger partial charge in [-0.3, -0.25) is 4.79 Å². The second-order valence-electron chi connectivity index (χ2n) is 6.93. The zero-order valence-corrected chi connectivity index (χ0v) is 14.5. The molecule has 132 valence electrons. The molecule has 3 aliphatic rings. The van der Waals surface area contributed by atoms with E-state index in [1.54, 1.807) is 13.2 Å². The molecule has 2 aliphatic heterocycles. The van der Waals surface area contributed by atoms with Crippen molar-refractivity contribution in [3.05, 3.63) is 48.3 Å². The van der Waals surface area contributed by atoms with E-state index in [-0.39, 0.29) is 30.0 Å². The highest BCUT2D eigenvalue weighted by Gasteiger charge is 2.55. The van der Waals surface area contributed by atoms with Crippen LogP contribution in [-0.4, -0.2) is 25.8 Å². The van der Waals surface area contributed by atoms with Crippen LogP contribution < -0.4 is 9.47 Å². The molecule has 5 nitrogen and oxygen atoms in total. The van der Waals surface area contributed by atoms with E-state index in [0.717, 1.165) is 29.2 Å². The lowest BCUT2D eigenvalue weighted by Gasteiger charge is -2.37. The van der Waals surface area contributed by atoms with Crippen molar-refractivity contribution in [1.29, 1.82) is 0 Å². The Morgan fingerprint density at radius 2 is 2.16 bits per heavy atom. The van der Waals surface area contributed by atoms with Gasteiger partial charge in [0.15, 0.2) is 17.3 Å². The summed E-state index contributed by atoms with van der Waals surface area (Å²) in [6.45, 7) is 6.33. The van der Waals surface area contributed by atoms with Crippen molar-refractivity contribution in [2.45, 2.75) is 32.0 Å². The molecule has 0 aromatic heterocycles. The number of rotatable bonds is 4. The van der Waals surface area contributed by atoms with Gasteiger partial charge < -0.3 is 18.9 Å². The van der Waals surface area contributed by atoms with Crippen molar-refractivity contribution >= 4 is 5.78 Å². The third kappa shape index (κ3) is 2.37. The topological polar surface area (TPSA) is 54.0 Å². The monoisotopic (exact) mass is 342 g/mol. The molecular formula is C20H22O5. The first kappa shape index (κ1) is 16.2. The molecule has 2 heterocycles. The minimum absolute atomic E-state index is 0.0317. The first-order valence-corrected chi connectivity index (χ1v) is 8.55. The van der Waals surface area contributed by atoms with E-state index in [0.29, 0.717) is 6.42 Å². The summed E-state index contributed by atoms with van der Waals surface area (Å²) < 4.78 is 22.6. The van der Waals surface area contributed by atoms with Gasteiger partial charge in [-0.2, -0.15) is 0 Å². The van der Waals surface area contributed by atoms with Crippen LogP contribution in [0.3, 0.4) is 0 Å². The highest BCUT2D eigenvalue weighted by molar-refractivity contribution is 5.95. The Balaban J connectivity index is 1.73. The van der Waals surface area contributed by atoms with Gasteiger partial charge in [-0.05, 0) is 30.5 Å². The molecule has 1 aromatic carbocycles. The van der Waals surface area contributed by atoms with Crippen LogP contribution >= 0.6 is 0 Å². The van der Waals surface area contributed by atoms with Gasteiger partial charge in [0, 0.05) is 24.5 Å². The zero-order valence-electron chi connectivity index (χ0n) is 14.5. The van der Waals surface area contributed by atoms with Crippen LogP contribution in [0.1, 0.15) is 31.4 Å². The van der Waals surface area contributed by atoms with Crippen molar-refractivity contribution in [1.82, 2.24) is 0 Å². The van der Waals surface area contributed by atoms with E-state index in [1.807, 2.05) is 24.3 Å². The van der Waals surface area contributed by atoms with Crippen molar-refractivity contribution in [2.75, 3.05) is 13.9 Å². The van der Waals surface area contributed by atoms with Crippen LogP contribution in [-0.2, 0) is 14.3 Å². The Hall–Kier alpha value is -2.27. The van der Waals surface area contributed by atoms with Crippen LogP contribution in [0.5, 0.6) is 11.5 Å². The normalized spacial score (nSPS) is 32.8. The van der Waals surface area contributed by atoms with E-state index < -0.39 is 6.10 Å². The summed E-state index contributed by atoms with van der Waals surface area (Å²) in [6, 6.07) is 5.88. The van der Waals surface area contributed by atoms with Crippen molar-refractivity contribution in [3.8, 4) is 11.5 Å². The number of carbonyl (C=O) groups is 1. The molecule has 0 bridgehead atoms. The largest absolute Gasteiger partial charge is 0.489 e.